The molecule has 29 heavy (non-hydrogen) atoms. The maximum absolute atomic E-state index is 10.7. The van der Waals surface area contributed by atoms with Crippen LogP contribution in [-0.4, -0.2) is 55.4 Å². The minimum Gasteiger partial charge on any atom is -0.384 e. The standard InChI is InChI=1S/C20H29N5O2S.HI/c1-3-21-19(24-15-20(2,26)17-6-12-28-14-17)23-13-16-5-4-7-22-18(16)25-8-10-27-11-9-25;/h4-7,12,14,26H,3,8-11,13,15H2,1-2H3,(H2,21,23,24);1H. The third-order valence-electron chi connectivity index (χ3n) is 4.67. The van der Waals surface area contributed by atoms with Crippen LogP contribution in [0, 0.1) is 0 Å². The Hall–Kier alpha value is -1.43. The first-order valence-electron chi connectivity index (χ1n) is 9.64. The van der Waals surface area contributed by atoms with Gasteiger partial charge in [-0.25, -0.2) is 9.98 Å². The third-order valence-corrected chi connectivity index (χ3v) is 5.36. The van der Waals surface area contributed by atoms with Crippen LogP contribution < -0.4 is 15.5 Å². The van der Waals surface area contributed by atoms with Gasteiger partial charge in [0.1, 0.15) is 11.4 Å². The number of aliphatic imine (C=N–C) groups is 1. The minimum absolute atomic E-state index is 0. The molecule has 2 aromatic rings. The number of anilines is 1. The second-order valence-electron chi connectivity index (χ2n) is 6.92. The number of hydrogen-bond acceptors (Lipinski definition) is 6. The Kier molecular flexibility index (Phi) is 9.60. The summed E-state index contributed by atoms with van der Waals surface area (Å²) < 4.78 is 5.45. The maximum Gasteiger partial charge on any atom is 0.191 e. The Morgan fingerprint density at radius 3 is 2.83 bits per heavy atom. The van der Waals surface area contributed by atoms with E-state index in [9.17, 15) is 5.11 Å². The van der Waals surface area contributed by atoms with Gasteiger partial charge in [-0.2, -0.15) is 11.3 Å². The zero-order valence-corrected chi connectivity index (χ0v) is 20.1. The fourth-order valence-electron chi connectivity index (χ4n) is 3.05. The number of ether oxygens (including phenoxy) is 1. The van der Waals surface area contributed by atoms with E-state index in [0.29, 0.717) is 19.0 Å². The van der Waals surface area contributed by atoms with Gasteiger partial charge in [-0.3, -0.25) is 0 Å². The summed E-state index contributed by atoms with van der Waals surface area (Å²) in [5, 5.41) is 21.2. The number of aromatic nitrogens is 1. The van der Waals surface area contributed by atoms with Crippen molar-refractivity contribution in [1.82, 2.24) is 15.6 Å². The van der Waals surface area contributed by atoms with Crippen molar-refractivity contribution in [3.05, 3.63) is 46.3 Å². The highest BCUT2D eigenvalue weighted by molar-refractivity contribution is 14.0. The number of nitrogens with zero attached hydrogens (tertiary/aromatic N) is 3. The number of nitrogens with one attached hydrogen (secondary N) is 2. The number of hydrogen-bond donors (Lipinski definition) is 3. The van der Waals surface area contributed by atoms with Crippen LogP contribution in [0.25, 0.3) is 0 Å². The lowest BCUT2D eigenvalue weighted by atomic mass is 9.99. The van der Waals surface area contributed by atoms with Crippen LogP contribution in [0.2, 0.25) is 0 Å². The van der Waals surface area contributed by atoms with Gasteiger partial charge in [-0.1, -0.05) is 6.07 Å². The van der Waals surface area contributed by atoms with Crippen molar-refractivity contribution in [2.24, 2.45) is 4.99 Å². The molecule has 1 aliphatic heterocycles. The predicted molar refractivity (Wildman–Crippen MR) is 129 cm³/mol. The molecule has 9 heteroatoms. The van der Waals surface area contributed by atoms with Crippen molar-refractivity contribution in [1.29, 1.82) is 0 Å². The zero-order chi connectivity index (χ0) is 19.8. The van der Waals surface area contributed by atoms with Gasteiger partial charge in [0.25, 0.3) is 0 Å². The zero-order valence-electron chi connectivity index (χ0n) is 16.9. The van der Waals surface area contributed by atoms with Gasteiger partial charge in [0, 0.05) is 31.4 Å². The van der Waals surface area contributed by atoms with Crippen molar-refractivity contribution in [2.75, 3.05) is 44.3 Å². The number of pyridine rings is 1. The topological polar surface area (TPSA) is 82.0 Å². The SMILES string of the molecule is CCNC(=NCc1cccnc1N1CCOCC1)NCC(C)(O)c1ccsc1.I. The van der Waals surface area contributed by atoms with Crippen LogP contribution >= 0.6 is 35.3 Å². The second kappa shape index (κ2) is 11.7. The third kappa shape index (κ3) is 6.80. The molecule has 0 saturated carbocycles. The van der Waals surface area contributed by atoms with E-state index in [1.165, 1.54) is 0 Å². The molecule has 1 fully saturated rings. The Labute approximate surface area is 193 Å². The fraction of sp³-hybridized carbons (Fsp3) is 0.500. The van der Waals surface area contributed by atoms with Gasteiger partial charge < -0.3 is 25.4 Å². The van der Waals surface area contributed by atoms with Gasteiger partial charge in [0.2, 0.25) is 0 Å². The minimum atomic E-state index is -0.955. The molecule has 0 aromatic carbocycles. The molecule has 3 heterocycles. The van der Waals surface area contributed by atoms with Crippen LogP contribution in [0.4, 0.5) is 5.82 Å². The van der Waals surface area contributed by atoms with Gasteiger partial charge in [0.15, 0.2) is 5.96 Å². The summed E-state index contributed by atoms with van der Waals surface area (Å²) in [6, 6.07) is 5.95. The Balaban J connectivity index is 0.00000300. The molecule has 1 aliphatic rings. The molecule has 0 spiro atoms. The Morgan fingerprint density at radius 2 is 2.14 bits per heavy atom. The lowest BCUT2D eigenvalue weighted by molar-refractivity contribution is 0.0621. The molecule has 0 bridgehead atoms. The number of halogens is 1. The van der Waals surface area contributed by atoms with Crippen LogP contribution in [-0.2, 0) is 16.9 Å². The van der Waals surface area contributed by atoms with Crippen molar-refractivity contribution in [3.63, 3.8) is 0 Å². The normalized spacial score (nSPS) is 16.7. The largest absolute Gasteiger partial charge is 0.384 e. The molecule has 0 aliphatic carbocycles. The molecule has 0 radical (unpaired) electrons. The van der Waals surface area contributed by atoms with E-state index in [1.54, 1.807) is 11.3 Å². The fourth-order valence-corrected chi connectivity index (χ4v) is 3.83. The van der Waals surface area contributed by atoms with E-state index in [4.69, 9.17) is 9.73 Å². The summed E-state index contributed by atoms with van der Waals surface area (Å²) in [6.45, 7) is 8.60. The molecular formula is C20H30IN5O2S. The van der Waals surface area contributed by atoms with E-state index in [2.05, 4.69) is 26.6 Å². The van der Waals surface area contributed by atoms with Crippen molar-refractivity contribution in [2.45, 2.75) is 26.0 Å². The molecule has 2 aromatic heterocycles. The number of rotatable bonds is 7. The van der Waals surface area contributed by atoms with Crippen molar-refractivity contribution < 1.29 is 9.84 Å². The molecule has 160 valence electrons. The lowest BCUT2D eigenvalue weighted by Gasteiger charge is -2.29. The summed E-state index contributed by atoms with van der Waals surface area (Å²) in [5.41, 5.74) is 1.03. The number of aliphatic hydroxyl groups is 1. The average Bonchev–Trinajstić information content (AvgIpc) is 3.27. The van der Waals surface area contributed by atoms with Gasteiger partial charge in [0.05, 0.1) is 26.3 Å². The Morgan fingerprint density at radius 1 is 1.34 bits per heavy atom. The maximum atomic E-state index is 10.7. The number of guanidine groups is 1. The summed E-state index contributed by atoms with van der Waals surface area (Å²) >= 11 is 1.58. The van der Waals surface area contributed by atoms with E-state index in [-0.39, 0.29) is 24.0 Å². The molecule has 1 saturated heterocycles. The highest BCUT2D eigenvalue weighted by Crippen LogP contribution is 2.22. The van der Waals surface area contributed by atoms with Crippen LogP contribution in [0.5, 0.6) is 0 Å². The number of morpholine rings is 1. The van der Waals surface area contributed by atoms with E-state index in [0.717, 1.165) is 49.8 Å². The molecule has 3 rings (SSSR count). The summed E-state index contributed by atoms with van der Waals surface area (Å²) in [5.74, 6) is 1.64. The molecule has 0 amide bonds. The van der Waals surface area contributed by atoms with Crippen LogP contribution in [0.15, 0.2) is 40.1 Å². The molecule has 3 N–H and O–H groups in total. The quantitative estimate of drug-likeness (QED) is 0.290. The van der Waals surface area contributed by atoms with Gasteiger partial charge in [-0.15, -0.1) is 24.0 Å². The van der Waals surface area contributed by atoms with E-state index < -0.39 is 5.60 Å². The lowest BCUT2D eigenvalue weighted by Crippen LogP contribution is -2.44. The highest BCUT2D eigenvalue weighted by atomic mass is 127. The van der Waals surface area contributed by atoms with Gasteiger partial charge >= 0.3 is 0 Å². The summed E-state index contributed by atoms with van der Waals surface area (Å²) in [6.07, 6.45) is 1.82. The smallest absolute Gasteiger partial charge is 0.191 e. The molecule has 1 atom stereocenters. The number of thiophene rings is 1. The Bertz CT molecular complexity index is 764. The molecule has 7 nitrogen and oxygen atoms in total. The van der Waals surface area contributed by atoms with E-state index >= 15 is 0 Å². The average molecular weight is 531 g/mol. The second-order valence-corrected chi connectivity index (χ2v) is 7.70. The van der Waals surface area contributed by atoms with Crippen LogP contribution in [0.3, 0.4) is 0 Å². The molecule has 1 unspecified atom stereocenters. The predicted octanol–water partition coefficient (Wildman–Crippen LogP) is 2.56. The molecular weight excluding hydrogens is 501 g/mol. The monoisotopic (exact) mass is 531 g/mol. The van der Waals surface area contributed by atoms with Crippen molar-refractivity contribution in [3.8, 4) is 0 Å². The highest BCUT2D eigenvalue weighted by Gasteiger charge is 2.23. The van der Waals surface area contributed by atoms with Crippen LogP contribution in [0.1, 0.15) is 25.0 Å². The first kappa shape index (κ1) is 23.8. The summed E-state index contributed by atoms with van der Waals surface area (Å²) in [7, 11) is 0. The van der Waals surface area contributed by atoms with E-state index in [1.807, 2.05) is 42.9 Å². The van der Waals surface area contributed by atoms with Gasteiger partial charge in [-0.05, 0) is 42.3 Å². The first-order chi connectivity index (χ1) is 13.6. The van der Waals surface area contributed by atoms with Crippen molar-refractivity contribution >= 4 is 47.1 Å². The summed E-state index contributed by atoms with van der Waals surface area (Å²) in [4.78, 5) is 11.5. The first-order valence-corrected chi connectivity index (χ1v) is 10.6.